The fraction of sp³-hybridized carbons (Fsp3) is 0.176. The van der Waals surface area contributed by atoms with Crippen molar-refractivity contribution >= 4 is 17.3 Å². The number of nitrogens with zero attached hydrogens (tertiary/aromatic N) is 3. The first-order valence-electron chi connectivity index (χ1n) is 8.01. The molecule has 10 heteroatoms. The van der Waals surface area contributed by atoms with Crippen molar-refractivity contribution < 1.29 is 13.5 Å². The van der Waals surface area contributed by atoms with Crippen LogP contribution in [0.3, 0.4) is 0 Å². The van der Waals surface area contributed by atoms with Crippen LogP contribution < -0.4 is 27.5 Å². The maximum Gasteiger partial charge on any atom is 0.387 e. The van der Waals surface area contributed by atoms with Gasteiger partial charge in [-0.15, -0.1) is 0 Å². The van der Waals surface area contributed by atoms with Gasteiger partial charge >= 0.3 is 6.61 Å². The molecule has 8 nitrogen and oxygen atoms in total. The van der Waals surface area contributed by atoms with Crippen LogP contribution in [0.15, 0.2) is 42.7 Å². The minimum atomic E-state index is -2.84. The Bertz CT molecular complexity index is 912. The van der Waals surface area contributed by atoms with E-state index in [1.54, 1.807) is 29.1 Å². The van der Waals surface area contributed by atoms with Crippen LogP contribution in [0.1, 0.15) is 16.7 Å². The molecule has 3 aromatic rings. The van der Waals surface area contributed by atoms with E-state index in [1.807, 2.05) is 6.20 Å². The van der Waals surface area contributed by atoms with Crippen LogP contribution in [-0.2, 0) is 13.0 Å². The Labute approximate surface area is 153 Å². The van der Waals surface area contributed by atoms with Gasteiger partial charge in [-0.2, -0.15) is 13.9 Å². The third-order valence-electron chi connectivity index (χ3n) is 3.88. The van der Waals surface area contributed by atoms with E-state index in [1.165, 1.54) is 12.1 Å². The maximum absolute atomic E-state index is 12.2. The summed E-state index contributed by atoms with van der Waals surface area (Å²) in [5, 5.41) is 4.31. The van der Waals surface area contributed by atoms with Gasteiger partial charge in [0.1, 0.15) is 11.6 Å². The number of benzene rings is 1. The van der Waals surface area contributed by atoms with Gasteiger partial charge in [0.25, 0.3) is 0 Å². The Hall–Kier alpha value is -3.40. The number of nitrogens with two attached hydrogens (primary N) is 3. The smallest absolute Gasteiger partial charge is 0.387 e. The summed E-state index contributed by atoms with van der Waals surface area (Å²) in [6.07, 6.45) is 4.10. The summed E-state index contributed by atoms with van der Waals surface area (Å²) in [5.74, 6) is 6.14. The second-order valence-corrected chi connectivity index (χ2v) is 5.86. The van der Waals surface area contributed by atoms with Gasteiger partial charge in [-0.05, 0) is 34.9 Å². The zero-order valence-electron chi connectivity index (χ0n) is 14.3. The zero-order valence-corrected chi connectivity index (χ0v) is 14.3. The third kappa shape index (κ3) is 4.61. The molecule has 0 saturated carbocycles. The molecule has 0 bridgehead atoms. The van der Waals surface area contributed by atoms with Gasteiger partial charge < -0.3 is 21.6 Å². The number of rotatable bonds is 7. The summed E-state index contributed by atoms with van der Waals surface area (Å²) in [7, 11) is 0. The highest BCUT2D eigenvalue weighted by atomic mass is 19.3. The van der Waals surface area contributed by atoms with Crippen LogP contribution >= 0.6 is 0 Å². The van der Waals surface area contributed by atoms with Gasteiger partial charge in [0.2, 0.25) is 0 Å². The standard InChI is InChI=1S/C17H19F2N7O/c18-17(19)27-13-3-1-10(2-4-13)8-26-9-11(7-23-26)5-12-6-14(20)24-16(25-22)15(12)21/h1-4,6-7,9,17H,5,8,21-22H2,(H3,20,24,25). The van der Waals surface area contributed by atoms with E-state index in [9.17, 15) is 8.78 Å². The molecule has 1 aromatic carbocycles. The maximum atomic E-state index is 12.2. The first-order valence-corrected chi connectivity index (χ1v) is 8.01. The third-order valence-corrected chi connectivity index (χ3v) is 3.88. The fourth-order valence-electron chi connectivity index (χ4n) is 2.65. The number of hydrogen-bond donors (Lipinski definition) is 4. The fourth-order valence-corrected chi connectivity index (χ4v) is 2.65. The van der Waals surface area contributed by atoms with E-state index in [-0.39, 0.29) is 5.75 Å². The van der Waals surface area contributed by atoms with Gasteiger partial charge in [-0.25, -0.2) is 10.8 Å². The molecule has 2 aromatic heterocycles. The number of nitrogen functional groups attached to an aromatic ring is 3. The minimum absolute atomic E-state index is 0.116. The highest BCUT2D eigenvalue weighted by molar-refractivity contribution is 5.68. The van der Waals surface area contributed by atoms with E-state index in [0.717, 1.165) is 16.7 Å². The SMILES string of the molecule is NNc1nc(N)cc(Cc2cnn(Cc3ccc(OC(F)F)cc3)c2)c1N. The van der Waals surface area contributed by atoms with Crippen molar-refractivity contribution in [2.75, 3.05) is 16.9 Å². The summed E-state index contributed by atoms with van der Waals surface area (Å²) in [4.78, 5) is 4.02. The summed E-state index contributed by atoms with van der Waals surface area (Å²) in [6.45, 7) is -2.35. The van der Waals surface area contributed by atoms with Crippen LogP contribution in [0.4, 0.5) is 26.1 Å². The molecule has 0 saturated heterocycles. The number of alkyl halides is 2. The first-order chi connectivity index (χ1) is 12.9. The lowest BCUT2D eigenvalue weighted by Crippen LogP contribution is -2.13. The number of pyridine rings is 1. The van der Waals surface area contributed by atoms with E-state index >= 15 is 0 Å². The van der Waals surface area contributed by atoms with Gasteiger partial charge in [0.05, 0.1) is 18.4 Å². The van der Waals surface area contributed by atoms with Crippen molar-refractivity contribution in [3.8, 4) is 5.75 Å². The molecule has 0 radical (unpaired) electrons. The lowest BCUT2D eigenvalue weighted by Gasteiger charge is -2.10. The van der Waals surface area contributed by atoms with Crippen molar-refractivity contribution in [1.82, 2.24) is 14.8 Å². The lowest BCUT2D eigenvalue weighted by molar-refractivity contribution is -0.0498. The molecule has 0 aliphatic carbocycles. The molecular formula is C17H19F2N7O. The van der Waals surface area contributed by atoms with Gasteiger partial charge in [0.15, 0.2) is 5.82 Å². The Balaban J connectivity index is 1.69. The summed E-state index contributed by atoms with van der Waals surface area (Å²) in [6, 6.07) is 8.09. The number of nitrogens with one attached hydrogen (secondary N) is 1. The number of halogens is 2. The van der Waals surface area contributed by atoms with E-state index in [0.29, 0.717) is 30.3 Å². The molecule has 0 fully saturated rings. The molecule has 0 spiro atoms. The highest BCUT2D eigenvalue weighted by Crippen LogP contribution is 2.25. The predicted octanol–water partition coefficient (Wildman–Crippen LogP) is 1.97. The molecule has 0 atom stereocenters. The minimum Gasteiger partial charge on any atom is -0.435 e. The number of anilines is 3. The zero-order chi connectivity index (χ0) is 19.4. The van der Waals surface area contributed by atoms with E-state index in [4.69, 9.17) is 17.3 Å². The summed E-state index contributed by atoms with van der Waals surface area (Å²) in [5.41, 5.74) is 17.3. The van der Waals surface area contributed by atoms with Gasteiger partial charge in [-0.1, -0.05) is 12.1 Å². The van der Waals surface area contributed by atoms with E-state index < -0.39 is 6.61 Å². The molecule has 0 amide bonds. The van der Waals surface area contributed by atoms with Crippen molar-refractivity contribution in [2.45, 2.75) is 19.6 Å². The van der Waals surface area contributed by atoms with Crippen molar-refractivity contribution in [2.24, 2.45) is 5.84 Å². The summed E-state index contributed by atoms with van der Waals surface area (Å²) < 4.78 is 30.4. The Morgan fingerprint density at radius 3 is 2.56 bits per heavy atom. The number of hydrazine groups is 1. The van der Waals surface area contributed by atoms with Crippen molar-refractivity contribution in [3.05, 3.63) is 59.4 Å². The first kappa shape index (κ1) is 18.4. The second-order valence-electron chi connectivity index (χ2n) is 5.86. The predicted molar refractivity (Wildman–Crippen MR) is 98.1 cm³/mol. The van der Waals surface area contributed by atoms with Crippen LogP contribution in [0.5, 0.6) is 5.75 Å². The molecule has 7 N–H and O–H groups in total. The quantitative estimate of drug-likeness (QED) is 0.367. The van der Waals surface area contributed by atoms with Crippen LogP contribution in [0, 0.1) is 0 Å². The Morgan fingerprint density at radius 2 is 1.89 bits per heavy atom. The van der Waals surface area contributed by atoms with Crippen molar-refractivity contribution in [3.63, 3.8) is 0 Å². The topological polar surface area (TPSA) is 130 Å². The molecule has 2 heterocycles. The number of aromatic nitrogens is 3. The number of hydrogen-bond acceptors (Lipinski definition) is 7. The molecular weight excluding hydrogens is 356 g/mol. The largest absolute Gasteiger partial charge is 0.435 e. The molecule has 27 heavy (non-hydrogen) atoms. The molecule has 3 rings (SSSR count). The summed E-state index contributed by atoms with van der Waals surface area (Å²) >= 11 is 0. The normalized spacial score (nSPS) is 11.0. The van der Waals surface area contributed by atoms with Crippen LogP contribution in [0.25, 0.3) is 0 Å². The van der Waals surface area contributed by atoms with Crippen LogP contribution in [0.2, 0.25) is 0 Å². The van der Waals surface area contributed by atoms with Crippen LogP contribution in [-0.4, -0.2) is 21.4 Å². The van der Waals surface area contributed by atoms with Gasteiger partial charge in [0, 0.05) is 12.6 Å². The lowest BCUT2D eigenvalue weighted by atomic mass is 10.1. The number of ether oxygens (including phenoxy) is 1. The van der Waals surface area contributed by atoms with E-state index in [2.05, 4.69) is 20.2 Å². The average molecular weight is 375 g/mol. The molecule has 0 aliphatic rings. The van der Waals surface area contributed by atoms with Crippen molar-refractivity contribution in [1.29, 1.82) is 0 Å². The van der Waals surface area contributed by atoms with Gasteiger partial charge in [-0.3, -0.25) is 4.68 Å². The Morgan fingerprint density at radius 1 is 1.15 bits per heavy atom. The second kappa shape index (κ2) is 7.87. The highest BCUT2D eigenvalue weighted by Gasteiger charge is 2.10. The molecule has 0 aliphatic heterocycles. The molecule has 0 unspecified atom stereocenters. The monoisotopic (exact) mass is 375 g/mol. The average Bonchev–Trinajstić information content (AvgIpc) is 3.06. The Kier molecular flexibility index (Phi) is 5.36. The molecule has 142 valence electrons.